The van der Waals surface area contributed by atoms with Gasteiger partial charge in [0.2, 0.25) is 5.91 Å². The zero-order chi connectivity index (χ0) is 16.1. The fourth-order valence-corrected chi connectivity index (χ4v) is 2.54. The lowest BCUT2D eigenvalue weighted by atomic mass is 10.3. The second kappa shape index (κ2) is 7.04. The van der Waals surface area contributed by atoms with Gasteiger partial charge in [0, 0.05) is 23.2 Å². The third-order valence-electron chi connectivity index (χ3n) is 2.89. The molecule has 0 aliphatic rings. The molecule has 6 nitrogen and oxygen atoms in total. The van der Waals surface area contributed by atoms with Gasteiger partial charge in [-0.15, -0.1) is 11.8 Å². The largest absolute Gasteiger partial charge is 0.310 e. The van der Waals surface area contributed by atoms with Gasteiger partial charge in [0.05, 0.1) is 10.2 Å². The van der Waals surface area contributed by atoms with E-state index in [1.807, 2.05) is 13.0 Å². The number of non-ortho nitro benzene ring substituents is 1. The minimum absolute atomic E-state index is 0.0327. The van der Waals surface area contributed by atoms with Crippen molar-refractivity contribution in [2.24, 2.45) is 0 Å². The Labute approximate surface area is 132 Å². The van der Waals surface area contributed by atoms with Crippen molar-refractivity contribution in [1.29, 1.82) is 0 Å². The molecule has 0 spiro atoms. The first-order valence-corrected chi connectivity index (χ1v) is 7.48. The van der Waals surface area contributed by atoms with E-state index in [0.29, 0.717) is 5.82 Å². The number of nitrogens with zero attached hydrogens (tertiary/aromatic N) is 2. The Bertz CT molecular complexity index is 671. The molecular weight excluding hydrogens is 302 g/mol. The number of amides is 1. The first kappa shape index (κ1) is 16.0. The Morgan fingerprint density at radius 2 is 1.95 bits per heavy atom. The van der Waals surface area contributed by atoms with Gasteiger partial charge in [-0.05, 0) is 37.6 Å². The molecule has 1 atom stereocenters. The summed E-state index contributed by atoms with van der Waals surface area (Å²) in [6, 6.07) is 9.74. The lowest BCUT2D eigenvalue weighted by molar-refractivity contribution is -0.384. The normalized spacial score (nSPS) is 11.7. The van der Waals surface area contributed by atoms with Crippen molar-refractivity contribution < 1.29 is 9.72 Å². The highest BCUT2D eigenvalue weighted by Gasteiger charge is 2.15. The summed E-state index contributed by atoms with van der Waals surface area (Å²) >= 11 is 1.33. The van der Waals surface area contributed by atoms with Gasteiger partial charge in [0.25, 0.3) is 5.69 Å². The number of aromatic nitrogens is 1. The zero-order valence-electron chi connectivity index (χ0n) is 12.1. The van der Waals surface area contributed by atoms with Crippen LogP contribution >= 0.6 is 11.8 Å². The third-order valence-corrected chi connectivity index (χ3v) is 4.00. The van der Waals surface area contributed by atoms with Crippen molar-refractivity contribution >= 4 is 29.2 Å². The Kier molecular flexibility index (Phi) is 5.11. The minimum atomic E-state index is -0.451. The van der Waals surface area contributed by atoms with Crippen LogP contribution in [0.2, 0.25) is 0 Å². The molecule has 2 aromatic rings. The molecule has 0 aliphatic heterocycles. The quantitative estimate of drug-likeness (QED) is 0.519. The van der Waals surface area contributed by atoms with Gasteiger partial charge in [-0.25, -0.2) is 4.98 Å². The van der Waals surface area contributed by atoms with Gasteiger partial charge in [-0.3, -0.25) is 14.9 Å². The number of nitrogens with one attached hydrogen (secondary N) is 1. The van der Waals surface area contributed by atoms with Crippen molar-refractivity contribution in [3.8, 4) is 0 Å². The molecule has 1 heterocycles. The first-order chi connectivity index (χ1) is 10.5. The molecule has 1 aromatic carbocycles. The SMILES string of the molecule is Cc1ccc(NC(=O)[C@@H](C)Sc2ccc([N+](=O)[O-])cc2)nc1. The van der Waals surface area contributed by atoms with Crippen LogP contribution in [0.25, 0.3) is 0 Å². The van der Waals surface area contributed by atoms with Crippen LogP contribution in [-0.4, -0.2) is 21.1 Å². The number of rotatable bonds is 5. The third kappa shape index (κ3) is 4.29. The molecule has 114 valence electrons. The number of thioether (sulfide) groups is 1. The molecule has 2 rings (SSSR count). The van der Waals surface area contributed by atoms with Crippen LogP contribution in [0.4, 0.5) is 11.5 Å². The predicted octanol–water partition coefficient (Wildman–Crippen LogP) is 3.42. The van der Waals surface area contributed by atoms with E-state index in [-0.39, 0.29) is 16.8 Å². The molecule has 0 saturated heterocycles. The molecule has 0 unspecified atom stereocenters. The maximum atomic E-state index is 12.1. The monoisotopic (exact) mass is 317 g/mol. The smallest absolute Gasteiger partial charge is 0.269 e. The van der Waals surface area contributed by atoms with Crippen molar-refractivity contribution in [3.05, 3.63) is 58.3 Å². The number of pyridine rings is 1. The fraction of sp³-hybridized carbons (Fsp3) is 0.200. The molecule has 0 bridgehead atoms. The van der Waals surface area contributed by atoms with Crippen molar-refractivity contribution in [3.63, 3.8) is 0 Å². The van der Waals surface area contributed by atoms with Crippen LogP contribution in [0.3, 0.4) is 0 Å². The highest BCUT2D eigenvalue weighted by atomic mass is 32.2. The van der Waals surface area contributed by atoms with Crippen molar-refractivity contribution in [1.82, 2.24) is 4.98 Å². The molecule has 0 aliphatic carbocycles. The zero-order valence-corrected chi connectivity index (χ0v) is 13.0. The van der Waals surface area contributed by atoms with E-state index in [1.54, 1.807) is 31.3 Å². The molecule has 1 aromatic heterocycles. The molecule has 0 saturated carbocycles. The van der Waals surface area contributed by atoms with E-state index in [9.17, 15) is 14.9 Å². The molecular formula is C15H15N3O3S. The van der Waals surface area contributed by atoms with E-state index in [4.69, 9.17) is 0 Å². The summed E-state index contributed by atoms with van der Waals surface area (Å²) in [6.07, 6.45) is 1.68. The average Bonchev–Trinajstić information content (AvgIpc) is 2.50. The van der Waals surface area contributed by atoms with Crippen LogP contribution < -0.4 is 5.32 Å². The summed E-state index contributed by atoms with van der Waals surface area (Å²) in [5.74, 6) is 0.339. The average molecular weight is 317 g/mol. The van der Waals surface area contributed by atoms with Gasteiger partial charge < -0.3 is 5.32 Å². The molecule has 7 heteroatoms. The molecule has 1 amide bonds. The second-order valence-electron chi connectivity index (χ2n) is 4.72. The lowest BCUT2D eigenvalue weighted by Crippen LogP contribution is -2.22. The summed E-state index contributed by atoms with van der Waals surface area (Å²) < 4.78 is 0. The van der Waals surface area contributed by atoms with E-state index >= 15 is 0 Å². The highest BCUT2D eigenvalue weighted by molar-refractivity contribution is 8.00. The summed E-state index contributed by atoms with van der Waals surface area (Å²) in [5, 5.41) is 13.0. The first-order valence-electron chi connectivity index (χ1n) is 6.60. The number of hydrogen-bond donors (Lipinski definition) is 1. The highest BCUT2D eigenvalue weighted by Crippen LogP contribution is 2.26. The number of nitro groups is 1. The van der Waals surface area contributed by atoms with Gasteiger partial charge in [0.15, 0.2) is 0 Å². The number of carbonyl (C=O) groups is 1. The molecule has 22 heavy (non-hydrogen) atoms. The summed E-state index contributed by atoms with van der Waals surface area (Å²) in [5.41, 5.74) is 1.05. The topological polar surface area (TPSA) is 85.1 Å². The van der Waals surface area contributed by atoms with Gasteiger partial charge in [-0.1, -0.05) is 6.07 Å². The summed E-state index contributed by atoms with van der Waals surface area (Å²) in [4.78, 5) is 27.2. The van der Waals surface area contributed by atoms with Crippen LogP contribution in [0.1, 0.15) is 12.5 Å². The Morgan fingerprint density at radius 1 is 1.27 bits per heavy atom. The standard InChI is InChI=1S/C15H15N3O3S/c1-10-3-8-14(16-9-10)17-15(19)11(2)22-13-6-4-12(5-7-13)18(20)21/h3-9,11H,1-2H3,(H,16,17,19)/t11-/m1/s1. The van der Waals surface area contributed by atoms with Crippen LogP contribution in [-0.2, 0) is 4.79 Å². The van der Waals surface area contributed by atoms with E-state index in [1.165, 1.54) is 23.9 Å². The summed E-state index contributed by atoms with van der Waals surface area (Å²) in [7, 11) is 0. The Balaban J connectivity index is 1.95. The molecule has 0 radical (unpaired) electrons. The number of carbonyl (C=O) groups excluding carboxylic acids is 1. The second-order valence-corrected chi connectivity index (χ2v) is 6.14. The van der Waals surface area contributed by atoms with Crippen LogP contribution in [0.15, 0.2) is 47.5 Å². The maximum Gasteiger partial charge on any atom is 0.269 e. The van der Waals surface area contributed by atoms with Crippen LogP contribution in [0, 0.1) is 17.0 Å². The molecule has 0 fully saturated rings. The number of benzene rings is 1. The van der Waals surface area contributed by atoms with Crippen molar-refractivity contribution in [2.45, 2.75) is 24.0 Å². The lowest BCUT2D eigenvalue weighted by Gasteiger charge is -2.11. The molecule has 1 N–H and O–H groups in total. The van der Waals surface area contributed by atoms with Crippen LogP contribution in [0.5, 0.6) is 0 Å². The number of hydrogen-bond acceptors (Lipinski definition) is 5. The van der Waals surface area contributed by atoms with Gasteiger partial charge >= 0.3 is 0 Å². The van der Waals surface area contributed by atoms with E-state index < -0.39 is 4.92 Å². The van der Waals surface area contributed by atoms with Crippen molar-refractivity contribution in [2.75, 3.05) is 5.32 Å². The Hall–Kier alpha value is -2.41. The minimum Gasteiger partial charge on any atom is -0.310 e. The van der Waals surface area contributed by atoms with E-state index in [2.05, 4.69) is 10.3 Å². The maximum absolute atomic E-state index is 12.1. The fourth-order valence-electron chi connectivity index (χ4n) is 1.67. The van der Waals surface area contributed by atoms with Gasteiger partial charge in [0.1, 0.15) is 5.82 Å². The Morgan fingerprint density at radius 3 is 2.50 bits per heavy atom. The van der Waals surface area contributed by atoms with Gasteiger partial charge in [-0.2, -0.15) is 0 Å². The number of nitro benzene ring substituents is 1. The summed E-state index contributed by atoms with van der Waals surface area (Å²) in [6.45, 7) is 3.70. The van der Waals surface area contributed by atoms with E-state index in [0.717, 1.165) is 10.5 Å². The predicted molar refractivity (Wildman–Crippen MR) is 86.0 cm³/mol. The number of aryl methyl sites for hydroxylation is 1. The number of anilines is 1.